The van der Waals surface area contributed by atoms with Crippen molar-refractivity contribution in [1.82, 2.24) is 20.4 Å². The summed E-state index contributed by atoms with van der Waals surface area (Å²) in [5.41, 5.74) is 2.90. The molecule has 2 N–H and O–H groups in total. The monoisotopic (exact) mass is 320 g/mol. The van der Waals surface area contributed by atoms with Gasteiger partial charge < -0.3 is 10.6 Å². The Hall–Kier alpha value is -1.85. The summed E-state index contributed by atoms with van der Waals surface area (Å²) < 4.78 is 1.97. The minimum atomic E-state index is -0.406. The zero-order valence-corrected chi connectivity index (χ0v) is 14.6. The van der Waals surface area contributed by atoms with Crippen molar-refractivity contribution in [3.05, 3.63) is 17.0 Å². The van der Waals surface area contributed by atoms with Crippen molar-refractivity contribution < 1.29 is 9.59 Å². The highest BCUT2D eigenvalue weighted by Gasteiger charge is 2.23. The number of aromatic nitrogens is 2. The van der Waals surface area contributed by atoms with E-state index in [1.165, 1.54) is 0 Å². The topological polar surface area (TPSA) is 76.0 Å². The van der Waals surface area contributed by atoms with Crippen molar-refractivity contribution >= 4 is 11.8 Å². The van der Waals surface area contributed by atoms with Crippen LogP contribution in [0.3, 0.4) is 0 Å². The largest absolute Gasteiger partial charge is 0.354 e. The number of nitrogens with one attached hydrogen (secondary N) is 2. The maximum atomic E-state index is 12.3. The number of amides is 2. The summed E-state index contributed by atoms with van der Waals surface area (Å²) in [6.07, 6.45) is 2.91. The molecule has 6 nitrogen and oxygen atoms in total. The van der Waals surface area contributed by atoms with E-state index in [9.17, 15) is 9.59 Å². The Kier molecular flexibility index (Phi) is 5.80. The molecule has 1 aromatic rings. The first-order chi connectivity index (χ1) is 10.9. The van der Waals surface area contributed by atoms with E-state index in [1.54, 1.807) is 0 Å². The van der Waals surface area contributed by atoms with Gasteiger partial charge in [0.05, 0.1) is 12.1 Å². The molecule has 1 aliphatic heterocycles. The summed E-state index contributed by atoms with van der Waals surface area (Å²) in [6, 6.07) is -0.406. The van der Waals surface area contributed by atoms with Crippen LogP contribution < -0.4 is 10.6 Å². The fourth-order valence-corrected chi connectivity index (χ4v) is 3.00. The molecule has 128 valence electrons. The van der Waals surface area contributed by atoms with Gasteiger partial charge in [-0.15, -0.1) is 0 Å². The SMILES string of the molecule is Cc1nn(CC(C)C)c(C)c1CC(=O)N[C@@H]1CCCCNC1=O. The Morgan fingerprint density at radius 3 is 2.83 bits per heavy atom. The molecule has 0 unspecified atom stereocenters. The average Bonchev–Trinajstić information content (AvgIpc) is 2.64. The van der Waals surface area contributed by atoms with Crippen molar-refractivity contribution in [2.75, 3.05) is 6.54 Å². The van der Waals surface area contributed by atoms with Crippen LogP contribution in [0.5, 0.6) is 0 Å². The number of hydrogen-bond acceptors (Lipinski definition) is 3. The lowest BCUT2D eigenvalue weighted by Gasteiger charge is -2.15. The molecule has 2 rings (SSSR count). The minimum absolute atomic E-state index is 0.0696. The van der Waals surface area contributed by atoms with E-state index < -0.39 is 6.04 Å². The summed E-state index contributed by atoms with van der Waals surface area (Å²) in [4.78, 5) is 24.3. The molecule has 1 atom stereocenters. The highest BCUT2D eigenvalue weighted by atomic mass is 16.2. The van der Waals surface area contributed by atoms with Crippen LogP contribution in [0.15, 0.2) is 0 Å². The van der Waals surface area contributed by atoms with E-state index in [4.69, 9.17) is 0 Å². The van der Waals surface area contributed by atoms with E-state index in [0.717, 1.165) is 36.3 Å². The lowest BCUT2D eigenvalue weighted by Crippen LogP contribution is -2.46. The predicted octanol–water partition coefficient (Wildman–Crippen LogP) is 1.48. The molecule has 0 saturated carbocycles. The minimum Gasteiger partial charge on any atom is -0.354 e. The van der Waals surface area contributed by atoms with Gasteiger partial charge in [0.2, 0.25) is 11.8 Å². The fraction of sp³-hybridized carbons (Fsp3) is 0.706. The van der Waals surface area contributed by atoms with Crippen molar-refractivity contribution in [1.29, 1.82) is 0 Å². The van der Waals surface area contributed by atoms with Crippen LogP contribution in [0.1, 0.15) is 50.1 Å². The Morgan fingerprint density at radius 1 is 1.39 bits per heavy atom. The van der Waals surface area contributed by atoms with E-state index >= 15 is 0 Å². The molecule has 1 aliphatic rings. The fourth-order valence-electron chi connectivity index (χ4n) is 3.00. The van der Waals surface area contributed by atoms with Crippen LogP contribution in [0, 0.1) is 19.8 Å². The molecule has 2 heterocycles. The summed E-state index contributed by atoms with van der Waals surface area (Å²) in [6.45, 7) is 9.78. The quantitative estimate of drug-likeness (QED) is 0.863. The van der Waals surface area contributed by atoms with Gasteiger partial charge in [0.25, 0.3) is 0 Å². The predicted molar refractivity (Wildman–Crippen MR) is 89.0 cm³/mol. The summed E-state index contributed by atoms with van der Waals surface area (Å²) in [5, 5.41) is 10.3. The molecule has 1 fully saturated rings. The highest BCUT2D eigenvalue weighted by molar-refractivity contribution is 5.88. The first-order valence-electron chi connectivity index (χ1n) is 8.48. The first kappa shape index (κ1) is 17.5. The van der Waals surface area contributed by atoms with Gasteiger partial charge in [-0.05, 0) is 39.0 Å². The van der Waals surface area contributed by atoms with Crippen LogP contribution in [0.4, 0.5) is 0 Å². The van der Waals surface area contributed by atoms with Crippen LogP contribution in [-0.4, -0.2) is 34.2 Å². The second kappa shape index (κ2) is 7.62. The number of rotatable bonds is 5. The van der Waals surface area contributed by atoms with Gasteiger partial charge in [-0.1, -0.05) is 13.8 Å². The van der Waals surface area contributed by atoms with Gasteiger partial charge in [-0.3, -0.25) is 14.3 Å². The Bertz CT molecular complexity index is 577. The molecule has 0 aliphatic carbocycles. The van der Waals surface area contributed by atoms with E-state index in [0.29, 0.717) is 18.9 Å². The number of carbonyl (C=O) groups is 2. The van der Waals surface area contributed by atoms with Gasteiger partial charge >= 0.3 is 0 Å². The third-order valence-electron chi connectivity index (χ3n) is 4.28. The normalized spacial score (nSPS) is 18.7. The number of nitrogens with zero attached hydrogens (tertiary/aromatic N) is 2. The van der Waals surface area contributed by atoms with Crippen molar-refractivity contribution in [3.63, 3.8) is 0 Å². The van der Waals surface area contributed by atoms with Crippen molar-refractivity contribution in [2.24, 2.45) is 5.92 Å². The molecule has 1 aromatic heterocycles. The molecular formula is C17H28N4O2. The third-order valence-corrected chi connectivity index (χ3v) is 4.28. The molecule has 6 heteroatoms. The average molecular weight is 320 g/mol. The van der Waals surface area contributed by atoms with Crippen molar-refractivity contribution in [3.8, 4) is 0 Å². The van der Waals surface area contributed by atoms with E-state index in [2.05, 4.69) is 29.6 Å². The van der Waals surface area contributed by atoms with E-state index in [-0.39, 0.29) is 18.2 Å². The van der Waals surface area contributed by atoms with Gasteiger partial charge in [-0.25, -0.2) is 0 Å². The lowest BCUT2D eigenvalue weighted by molar-refractivity contribution is -0.128. The second-order valence-corrected chi connectivity index (χ2v) is 6.81. The molecule has 0 aromatic carbocycles. The molecule has 2 amide bonds. The first-order valence-corrected chi connectivity index (χ1v) is 8.48. The maximum absolute atomic E-state index is 12.3. The standard InChI is InChI=1S/C17H28N4O2/c1-11(2)10-21-13(4)14(12(3)20-21)9-16(22)19-15-7-5-6-8-18-17(15)23/h11,15H,5-10H2,1-4H3,(H,18,23)(H,19,22)/t15-/m1/s1. The van der Waals surface area contributed by atoms with Gasteiger partial charge in [0.15, 0.2) is 0 Å². The Balaban J connectivity index is 2.02. The molecule has 0 bridgehead atoms. The molecular weight excluding hydrogens is 292 g/mol. The third kappa shape index (κ3) is 4.56. The zero-order chi connectivity index (χ0) is 17.0. The van der Waals surface area contributed by atoms with Crippen molar-refractivity contribution in [2.45, 2.75) is 66.0 Å². The summed E-state index contributed by atoms with van der Waals surface area (Å²) >= 11 is 0. The lowest BCUT2D eigenvalue weighted by atomic mass is 10.1. The summed E-state index contributed by atoms with van der Waals surface area (Å²) in [7, 11) is 0. The molecule has 1 saturated heterocycles. The number of aryl methyl sites for hydroxylation is 1. The van der Waals surface area contributed by atoms with Gasteiger partial charge in [0, 0.05) is 24.3 Å². The molecule has 23 heavy (non-hydrogen) atoms. The Morgan fingerprint density at radius 2 is 2.13 bits per heavy atom. The highest BCUT2D eigenvalue weighted by Crippen LogP contribution is 2.16. The molecule has 0 radical (unpaired) electrons. The number of hydrogen-bond donors (Lipinski definition) is 2. The molecule has 0 spiro atoms. The second-order valence-electron chi connectivity index (χ2n) is 6.81. The van der Waals surface area contributed by atoms with Crippen LogP contribution in [0.25, 0.3) is 0 Å². The number of carbonyl (C=O) groups excluding carboxylic acids is 2. The Labute approximate surface area is 138 Å². The zero-order valence-electron chi connectivity index (χ0n) is 14.6. The van der Waals surface area contributed by atoms with Gasteiger partial charge in [-0.2, -0.15) is 5.10 Å². The van der Waals surface area contributed by atoms with Gasteiger partial charge in [0.1, 0.15) is 6.04 Å². The maximum Gasteiger partial charge on any atom is 0.242 e. The van der Waals surface area contributed by atoms with Crippen LogP contribution in [0.2, 0.25) is 0 Å². The smallest absolute Gasteiger partial charge is 0.242 e. The van der Waals surface area contributed by atoms with Crippen LogP contribution >= 0.6 is 0 Å². The van der Waals surface area contributed by atoms with Crippen LogP contribution in [-0.2, 0) is 22.6 Å². The van der Waals surface area contributed by atoms with E-state index in [1.807, 2.05) is 18.5 Å². The summed E-state index contributed by atoms with van der Waals surface area (Å²) in [5.74, 6) is 0.325.